The number of nitrogens with zero attached hydrogens (tertiary/aromatic N) is 3. The minimum atomic E-state index is -1.04. The Morgan fingerprint density at radius 2 is 2.06 bits per heavy atom. The van der Waals surface area contributed by atoms with Crippen LogP contribution in [-0.4, -0.2) is 26.1 Å². The Hall–Kier alpha value is -2.17. The molecule has 0 aliphatic carbocycles. The fourth-order valence-electron chi connectivity index (χ4n) is 1.44. The molecule has 5 nitrogen and oxygen atoms in total. The van der Waals surface area contributed by atoms with E-state index in [1.165, 1.54) is 16.4 Å². The minimum absolute atomic E-state index is 0.0595. The summed E-state index contributed by atoms with van der Waals surface area (Å²) in [7, 11) is 0. The van der Waals surface area contributed by atoms with Crippen molar-refractivity contribution in [2.45, 2.75) is 13.3 Å². The molecular formula is C11H11N3O2. The lowest BCUT2D eigenvalue weighted by atomic mass is 10.1. The van der Waals surface area contributed by atoms with E-state index in [0.717, 1.165) is 6.42 Å². The van der Waals surface area contributed by atoms with E-state index >= 15 is 0 Å². The third kappa shape index (κ3) is 1.79. The fourth-order valence-corrected chi connectivity index (χ4v) is 1.44. The number of aromatic nitrogens is 3. The normalized spacial score (nSPS) is 10.3. The van der Waals surface area contributed by atoms with Gasteiger partial charge in [-0.1, -0.05) is 24.3 Å². The van der Waals surface area contributed by atoms with Gasteiger partial charge in [0.15, 0.2) is 5.69 Å². The van der Waals surface area contributed by atoms with Crippen molar-refractivity contribution in [1.29, 1.82) is 0 Å². The van der Waals surface area contributed by atoms with Crippen LogP contribution in [0.3, 0.4) is 0 Å². The molecule has 16 heavy (non-hydrogen) atoms. The van der Waals surface area contributed by atoms with E-state index in [-0.39, 0.29) is 5.69 Å². The lowest BCUT2D eigenvalue weighted by molar-refractivity contribution is 0.0687. The summed E-state index contributed by atoms with van der Waals surface area (Å²) in [6.45, 7) is 2.06. The van der Waals surface area contributed by atoms with Gasteiger partial charge < -0.3 is 5.11 Å². The van der Waals surface area contributed by atoms with Gasteiger partial charge in [-0.3, -0.25) is 0 Å². The highest BCUT2D eigenvalue weighted by Crippen LogP contribution is 2.11. The van der Waals surface area contributed by atoms with Gasteiger partial charge >= 0.3 is 5.97 Å². The van der Waals surface area contributed by atoms with E-state index in [9.17, 15) is 4.79 Å². The van der Waals surface area contributed by atoms with Gasteiger partial charge in [-0.15, -0.1) is 5.10 Å². The Morgan fingerprint density at radius 3 is 2.62 bits per heavy atom. The van der Waals surface area contributed by atoms with Crippen LogP contribution in [0.5, 0.6) is 0 Å². The van der Waals surface area contributed by atoms with E-state index in [1.54, 1.807) is 0 Å². The number of hydrogen-bond donors (Lipinski definition) is 1. The van der Waals surface area contributed by atoms with E-state index in [1.807, 2.05) is 24.3 Å². The van der Waals surface area contributed by atoms with Gasteiger partial charge in [0, 0.05) is 0 Å². The van der Waals surface area contributed by atoms with Crippen molar-refractivity contribution in [2.24, 2.45) is 0 Å². The second kappa shape index (κ2) is 4.14. The Bertz CT molecular complexity index is 502. The van der Waals surface area contributed by atoms with Crippen molar-refractivity contribution in [2.75, 3.05) is 0 Å². The molecule has 1 heterocycles. The first-order valence-electron chi connectivity index (χ1n) is 4.95. The van der Waals surface area contributed by atoms with Crippen LogP contribution in [0.25, 0.3) is 5.69 Å². The number of aryl methyl sites for hydroxylation is 1. The van der Waals surface area contributed by atoms with Crippen molar-refractivity contribution >= 4 is 5.97 Å². The predicted molar refractivity (Wildman–Crippen MR) is 57.7 cm³/mol. The SMILES string of the molecule is CCc1ccc(-n2nncc2C(=O)O)cc1. The van der Waals surface area contributed by atoms with Gasteiger partial charge in [-0.25, -0.2) is 9.48 Å². The van der Waals surface area contributed by atoms with Crippen LogP contribution >= 0.6 is 0 Å². The van der Waals surface area contributed by atoms with Crippen molar-refractivity contribution < 1.29 is 9.90 Å². The highest BCUT2D eigenvalue weighted by atomic mass is 16.4. The summed E-state index contributed by atoms with van der Waals surface area (Å²) in [6.07, 6.45) is 2.18. The van der Waals surface area contributed by atoms with E-state index in [4.69, 9.17) is 5.11 Å². The molecule has 0 radical (unpaired) electrons. The van der Waals surface area contributed by atoms with Crippen LogP contribution in [0.1, 0.15) is 23.0 Å². The van der Waals surface area contributed by atoms with Crippen molar-refractivity contribution in [1.82, 2.24) is 15.0 Å². The molecule has 1 aromatic carbocycles. The van der Waals surface area contributed by atoms with Gasteiger partial charge in [0.1, 0.15) is 0 Å². The zero-order valence-electron chi connectivity index (χ0n) is 8.79. The highest BCUT2D eigenvalue weighted by molar-refractivity contribution is 5.85. The zero-order valence-corrected chi connectivity index (χ0v) is 8.79. The van der Waals surface area contributed by atoms with Crippen molar-refractivity contribution in [3.63, 3.8) is 0 Å². The smallest absolute Gasteiger partial charge is 0.356 e. The maximum absolute atomic E-state index is 10.9. The molecule has 2 rings (SSSR count). The average molecular weight is 217 g/mol. The molecule has 0 saturated carbocycles. The second-order valence-electron chi connectivity index (χ2n) is 3.36. The first-order chi connectivity index (χ1) is 7.72. The number of aromatic carboxylic acids is 1. The minimum Gasteiger partial charge on any atom is -0.476 e. The third-order valence-electron chi connectivity index (χ3n) is 2.36. The molecule has 0 bridgehead atoms. The number of rotatable bonds is 3. The molecule has 1 aromatic heterocycles. The molecule has 0 saturated heterocycles. The molecule has 0 atom stereocenters. The van der Waals surface area contributed by atoms with Crippen LogP contribution in [0, 0.1) is 0 Å². The first kappa shape index (κ1) is 10.4. The van der Waals surface area contributed by atoms with Crippen LogP contribution in [0.4, 0.5) is 0 Å². The molecule has 2 aromatic rings. The average Bonchev–Trinajstić information content (AvgIpc) is 2.78. The van der Waals surface area contributed by atoms with Crippen LogP contribution in [0.15, 0.2) is 30.5 Å². The van der Waals surface area contributed by atoms with Crippen LogP contribution in [0.2, 0.25) is 0 Å². The standard InChI is InChI=1S/C11H11N3O2/c1-2-8-3-5-9(6-4-8)14-10(11(15)16)7-12-13-14/h3-7H,2H2,1H3,(H,15,16). The summed E-state index contributed by atoms with van der Waals surface area (Å²) in [5, 5.41) is 16.3. The number of carboxylic acid groups (broad SMARTS) is 1. The fraction of sp³-hybridized carbons (Fsp3) is 0.182. The maximum atomic E-state index is 10.9. The van der Waals surface area contributed by atoms with E-state index < -0.39 is 5.97 Å². The number of carboxylic acids is 1. The summed E-state index contributed by atoms with van der Waals surface area (Å²) in [5.74, 6) is -1.04. The Balaban J connectivity index is 2.42. The third-order valence-corrected chi connectivity index (χ3v) is 2.36. The predicted octanol–water partition coefficient (Wildman–Crippen LogP) is 1.53. The monoisotopic (exact) mass is 217 g/mol. The highest BCUT2D eigenvalue weighted by Gasteiger charge is 2.12. The molecule has 0 amide bonds. The van der Waals surface area contributed by atoms with Gasteiger partial charge in [-0.05, 0) is 24.1 Å². The summed E-state index contributed by atoms with van der Waals surface area (Å²) in [5.41, 5.74) is 1.96. The first-order valence-corrected chi connectivity index (χ1v) is 4.95. The molecular weight excluding hydrogens is 206 g/mol. The van der Waals surface area contributed by atoms with Gasteiger partial charge in [0.05, 0.1) is 11.9 Å². The van der Waals surface area contributed by atoms with Crippen molar-refractivity contribution in [3.05, 3.63) is 41.7 Å². The summed E-state index contributed by atoms with van der Waals surface area (Å²) < 4.78 is 1.31. The largest absolute Gasteiger partial charge is 0.476 e. The zero-order chi connectivity index (χ0) is 11.5. The molecule has 0 fully saturated rings. The summed E-state index contributed by atoms with van der Waals surface area (Å²) >= 11 is 0. The lowest BCUT2D eigenvalue weighted by Gasteiger charge is -2.03. The Kier molecular flexibility index (Phi) is 2.68. The topological polar surface area (TPSA) is 68.0 Å². The van der Waals surface area contributed by atoms with E-state index in [2.05, 4.69) is 17.2 Å². The molecule has 0 aliphatic rings. The number of hydrogen-bond acceptors (Lipinski definition) is 3. The quantitative estimate of drug-likeness (QED) is 0.846. The Labute approximate surface area is 92.3 Å². The number of carbonyl (C=O) groups is 1. The van der Waals surface area contributed by atoms with Gasteiger partial charge in [-0.2, -0.15) is 0 Å². The molecule has 1 N–H and O–H groups in total. The molecule has 5 heteroatoms. The molecule has 0 spiro atoms. The molecule has 0 unspecified atom stereocenters. The van der Waals surface area contributed by atoms with Crippen LogP contribution in [-0.2, 0) is 6.42 Å². The Morgan fingerprint density at radius 1 is 1.38 bits per heavy atom. The van der Waals surface area contributed by atoms with Gasteiger partial charge in [0.25, 0.3) is 0 Å². The van der Waals surface area contributed by atoms with Crippen molar-refractivity contribution in [3.8, 4) is 5.69 Å². The second-order valence-corrected chi connectivity index (χ2v) is 3.36. The lowest BCUT2D eigenvalue weighted by Crippen LogP contribution is -2.07. The van der Waals surface area contributed by atoms with E-state index in [0.29, 0.717) is 5.69 Å². The summed E-state index contributed by atoms with van der Waals surface area (Å²) in [6, 6.07) is 7.56. The molecule has 0 aliphatic heterocycles. The van der Waals surface area contributed by atoms with Gasteiger partial charge in [0.2, 0.25) is 0 Å². The summed E-state index contributed by atoms with van der Waals surface area (Å²) in [4.78, 5) is 10.9. The number of benzene rings is 1. The maximum Gasteiger partial charge on any atom is 0.356 e. The molecule has 82 valence electrons. The van der Waals surface area contributed by atoms with Crippen LogP contribution < -0.4 is 0 Å².